The lowest BCUT2D eigenvalue weighted by molar-refractivity contribution is 0.0956. The van der Waals surface area contributed by atoms with Crippen molar-refractivity contribution >= 4 is 21.6 Å². The van der Waals surface area contributed by atoms with Crippen LogP contribution in [0.3, 0.4) is 0 Å². The summed E-state index contributed by atoms with van der Waals surface area (Å²) in [7, 11) is -3.31. The summed E-state index contributed by atoms with van der Waals surface area (Å²) in [6, 6.07) is 4.93. The van der Waals surface area contributed by atoms with Crippen molar-refractivity contribution in [2.24, 2.45) is 0 Å². The molecule has 0 atom stereocenters. The van der Waals surface area contributed by atoms with Gasteiger partial charge in [-0.2, -0.15) is 0 Å². The fourth-order valence-corrected chi connectivity index (χ4v) is 2.46. The zero-order chi connectivity index (χ0) is 14.5. The van der Waals surface area contributed by atoms with Gasteiger partial charge in [0.2, 0.25) is 10.0 Å². The Kier molecular flexibility index (Phi) is 5.31. The van der Waals surface area contributed by atoms with Gasteiger partial charge in [0, 0.05) is 24.3 Å². The normalized spacial score (nSPS) is 11.3. The Labute approximate surface area is 113 Å². The van der Waals surface area contributed by atoms with Crippen molar-refractivity contribution in [2.45, 2.75) is 13.8 Å². The minimum atomic E-state index is -3.31. The second-order valence-electron chi connectivity index (χ2n) is 4.14. The first kappa shape index (κ1) is 15.5. The summed E-state index contributed by atoms with van der Waals surface area (Å²) in [4.78, 5) is 11.8. The van der Waals surface area contributed by atoms with Gasteiger partial charge in [-0.05, 0) is 30.7 Å². The molecule has 0 radical (unpaired) electrons. The highest BCUT2D eigenvalue weighted by molar-refractivity contribution is 7.89. The van der Waals surface area contributed by atoms with Gasteiger partial charge in [-0.15, -0.1) is 0 Å². The first-order valence-corrected chi connectivity index (χ1v) is 7.62. The molecule has 0 heterocycles. The molecule has 106 valence electrons. The van der Waals surface area contributed by atoms with Crippen LogP contribution in [0.1, 0.15) is 22.8 Å². The van der Waals surface area contributed by atoms with E-state index >= 15 is 0 Å². The van der Waals surface area contributed by atoms with E-state index in [0.29, 0.717) is 17.8 Å². The maximum atomic E-state index is 11.8. The van der Waals surface area contributed by atoms with Gasteiger partial charge >= 0.3 is 0 Å². The number of aryl methyl sites for hydroxylation is 1. The number of sulfonamides is 1. The molecule has 19 heavy (non-hydrogen) atoms. The predicted molar refractivity (Wildman–Crippen MR) is 75.4 cm³/mol. The minimum Gasteiger partial charge on any atom is -0.399 e. The predicted octanol–water partition coefficient (Wildman–Crippen LogP) is 0.246. The topological polar surface area (TPSA) is 101 Å². The van der Waals surface area contributed by atoms with Gasteiger partial charge in [0.15, 0.2) is 0 Å². The third kappa shape index (κ3) is 4.88. The molecule has 0 bridgehead atoms. The van der Waals surface area contributed by atoms with Crippen LogP contribution in [0.15, 0.2) is 18.2 Å². The van der Waals surface area contributed by atoms with Crippen LogP contribution in [0.25, 0.3) is 0 Å². The third-order valence-corrected chi connectivity index (χ3v) is 4.02. The number of carbonyl (C=O) groups is 1. The fourth-order valence-electron chi connectivity index (χ4n) is 1.51. The van der Waals surface area contributed by atoms with Gasteiger partial charge in [-0.25, -0.2) is 13.1 Å². The monoisotopic (exact) mass is 285 g/mol. The summed E-state index contributed by atoms with van der Waals surface area (Å²) in [5.41, 5.74) is 7.56. The molecular formula is C12H19N3O3S. The van der Waals surface area contributed by atoms with Crippen molar-refractivity contribution in [3.8, 4) is 0 Å². The van der Waals surface area contributed by atoms with E-state index < -0.39 is 10.0 Å². The summed E-state index contributed by atoms with van der Waals surface area (Å²) in [6.07, 6.45) is 0. The highest BCUT2D eigenvalue weighted by Gasteiger charge is 2.10. The lowest BCUT2D eigenvalue weighted by atomic mass is 10.1. The van der Waals surface area contributed by atoms with Gasteiger partial charge in [-0.3, -0.25) is 4.79 Å². The minimum absolute atomic E-state index is 0.0671. The quantitative estimate of drug-likeness (QED) is 0.652. The molecule has 1 rings (SSSR count). The van der Waals surface area contributed by atoms with Crippen LogP contribution in [-0.4, -0.2) is 33.2 Å². The van der Waals surface area contributed by atoms with Crippen LogP contribution in [0, 0.1) is 6.92 Å². The van der Waals surface area contributed by atoms with Gasteiger partial charge in [0.1, 0.15) is 0 Å². The van der Waals surface area contributed by atoms with E-state index in [4.69, 9.17) is 5.73 Å². The van der Waals surface area contributed by atoms with Gasteiger partial charge in [0.25, 0.3) is 5.91 Å². The smallest absolute Gasteiger partial charge is 0.251 e. The van der Waals surface area contributed by atoms with Crippen molar-refractivity contribution in [1.82, 2.24) is 10.0 Å². The second-order valence-corrected chi connectivity index (χ2v) is 6.07. The lowest BCUT2D eigenvalue weighted by Crippen LogP contribution is -2.34. The molecule has 0 saturated heterocycles. The fraction of sp³-hybridized carbons (Fsp3) is 0.417. The first-order chi connectivity index (χ1) is 8.85. The van der Waals surface area contributed by atoms with E-state index in [1.807, 2.05) is 6.92 Å². The average molecular weight is 285 g/mol. The van der Waals surface area contributed by atoms with Crippen molar-refractivity contribution in [1.29, 1.82) is 0 Å². The Morgan fingerprint density at radius 2 is 2.05 bits per heavy atom. The molecule has 6 nitrogen and oxygen atoms in total. The summed E-state index contributed by atoms with van der Waals surface area (Å²) in [6.45, 7) is 3.92. The zero-order valence-corrected chi connectivity index (χ0v) is 11.9. The molecule has 1 aromatic rings. The first-order valence-electron chi connectivity index (χ1n) is 5.97. The molecule has 7 heteroatoms. The van der Waals surface area contributed by atoms with Gasteiger partial charge in [-0.1, -0.05) is 6.92 Å². The number of hydrogen-bond acceptors (Lipinski definition) is 4. The van der Waals surface area contributed by atoms with Crippen molar-refractivity contribution in [2.75, 3.05) is 24.6 Å². The van der Waals surface area contributed by atoms with Crippen molar-refractivity contribution in [3.63, 3.8) is 0 Å². The Hall–Kier alpha value is -1.60. The van der Waals surface area contributed by atoms with E-state index in [-0.39, 0.29) is 18.2 Å². The van der Waals surface area contributed by atoms with Gasteiger partial charge in [0.05, 0.1) is 5.75 Å². The number of hydrogen-bond donors (Lipinski definition) is 3. The lowest BCUT2D eigenvalue weighted by Gasteiger charge is -2.08. The SMILES string of the molecule is CCNS(=O)(=O)CCNC(=O)c1ccc(N)c(C)c1. The largest absolute Gasteiger partial charge is 0.399 e. The molecule has 1 aromatic carbocycles. The average Bonchev–Trinajstić information content (AvgIpc) is 2.32. The van der Waals surface area contributed by atoms with E-state index in [9.17, 15) is 13.2 Å². The standard InChI is InChI=1S/C12H19N3O3S/c1-3-15-19(17,18)7-6-14-12(16)10-4-5-11(13)9(2)8-10/h4-5,8,15H,3,6-7,13H2,1-2H3,(H,14,16). The highest BCUT2D eigenvalue weighted by Crippen LogP contribution is 2.12. The van der Waals surface area contributed by atoms with Gasteiger partial charge < -0.3 is 11.1 Å². The number of carbonyl (C=O) groups excluding carboxylic acids is 1. The van der Waals surface area contributed by atoms with Crippen molar-refractivity contribution < 1.29 is 13.2 Å². The molecule has 0 aliphatic heterocycles. The molecule has 0 fully saturated rings. The molecule has 0 spiro atoms. The van der Waals surface area contributed by atoms with Crippen LogP contribution in [0.5, 0.6) is 0 Å². The molecule has 1 amide bonds. The van der Waals surface area contributed by atoms with Crippen LogP contribution in [-0.2, 0) is 10.0 Å². The number of nitrogens with two attached hydrogens (primary N) is 1. The van der Waals surface area contributed by atoms with E-state index in [1.54, 1.807) is 25.1 Å². The summed E-state index contributed by atoms with van der Waals surface area (Å²) < 4.78 is 25.1. The number of anilines is 1. The maximum Gasteiger partial charge on any atom is 0.251 e. The van der Waals surface area contributed by atoms with E-state index in [2.05, 4.69) is 10.0 Å². The molecule has 0 unspecified atom stereocenters. The summed E-state index contributed by atoms with van der Waals surface area (Å²) in [5, 5.41) is 2.56. The Morgan fingerprint density at radius 3 is 2.63 bits per heavy atom. The summed E-state index contributed by atoms with van der Waals surface area (Å²) in [5.74, 6) is -0.449. The van der Waals surface area contributed by atoms with Crippen LogP contribution in [0.2, 0.25) is 0 Å². The highest BCUT2D eigenvalue weighted by atomic mass is 32.2. The summed E-state index contributed by atoms with van der Waals surface area (Å²) >= 11 is 0. The number of nitrogens with one attached hydrogen (secondary N) is 2. The Balaban J connectivity index is 2.54. The van der Waals surface area contributed by atoms with Crippen LogP contribution < -0.4 is 15.8 Å². The molecule has 0 aromatic heterocycles. The Morgan fingerprint density at radius 1 is 1.37 bits per heavy atom. The van der Waals surface area contributed by atoms with E-state index in [1.165, 1.54) is 0 Å². The molecule has 4 N–H and O–H groups in total. The van der Waals surface area contributed by atoms with Crippen LogP contribution >= 0.6 is 0 Å². The second kappa shape index (κ2) is 6.53. The molecule has 0 saturated carbocycles. The van der Waals surface area contributed by atoms with Crippen LogP contribution in [0.4, 0.5) is 5.69 Å². The number of nitrogen functional groups attached to an aromatic ring is 1. The number of rotatable bonds is 6. The van der Waals surface area contributed by atoms with E-state index in [0.717, 1.165) is 5.56 Å². The third-order valence-electron chi connectivity index (χ3n) is 2.55. The molecular weight excluding hydrogens is 266 g/mol. The Bertz CT molecular complexity index is 555. The number of amides is 1. The maximum absolute atomic E-state index is 11.8. The number of benzene rings is 1. The zero-order valence-electron chi connectivity index (χ0n) is 11.1. The molecule has 0 aliphatic rings. The van der Waals surface area contributed by atoms with Crippen molar-refractivity contribution in [3.05, 3.63) is 29.3 Å². The molecule has 0 aliphatic carbocycles.